The molecule has 7 heteroatoms. The summed E-state index contributed by atoms with van der Waals surface area (Å²) in [4.78, 5) is 10.5. The Balaban J connectivity index is 1.78. The molecule has 0 radical (unpaired) electrons. The monoisotopic (exact) mass is 448 g/mol. The van der Waals surface area contributed by atoms with Crippen LogP contribution in [0.2, 0.25) is 0 Å². The molecule has 1 aliphatic heterocycles. The maximum Gasteiger partial charge on any atom is 0.179 e. The molecule has 1 aliphatic rings. The van der Waals surface area contributed by atoms with Crippen molar-refractivity contribution in [3.05, 3.63) is 83.6 Å². The fourth-order valence-electron chi connectivity index (χ4n) is 3.61. The summed E-state index contributed by atoms with van der Waals surface area (Å²) in [7, 11) is 0. The third-order valence-electron chi connectivity index (χ3n) is 5.44. The molecule has 2 aromatic rings. The molecule has 0 spiro atoms. The Morgan fingerprint density at radius 1 is 1.27 bits per heavy atom. The van der Waals surface area contributed by atoms with E-state index in [0.717, 1.165) is 5.56 Å². The third kappa shape index (κ3) is 6.10. The van der Waals surface area contributed by atoms with E-state index in [4.69, 9.17) is 14.2 Å². The first-order valence-corrected chi connectivity index (χ1v) is 10.7. The van der Waals surface area contributed by atoms with E-state index in [1.54, 1.807) is 50.3 Å². The lowest BCUT2D eigenvalue weighted by molar-refractivity contribution is -0.132. The second-order valence-corrected chi connectivity index (χ2v) is 8.23. The average molecular weight is 449 g/mol. The Morgan fingerprint density at radius 2 is 2.03 bits per heavy atom. The van der Waals surface area contributed by atoms with Crippen LogP contribution in [0.4, 0.5) is 0 Å². The molecule has 0 saturated heterocycles. The zero-order valence-corrected chi connectivity index (χ0v) is 18.9. The number of nitrogens with zero attached hydrogens (tertiary/aromatic N) is 1. The molecule has 2 aromatic carbocycles. The lowest BCUT2D eigenvalue weighted by Crippen LogP contribution is -2.51. The summed E-state index contributed by atoms with van der Waals surface area (Å²) in [6.07, 6.45) is 2.64. The lowest BCUT2D eigenvalue weighted by atomic mass is 9.86. The molecule has 0 amide bonds. The van der Waals surface area contributed by atoms with Gasteiger partial charge in [-0.2, -0.15) is 5.26 Å². The number of benzene rings is 2. The minimum atomic E-state index is -0.884. The standard InChI is InChI=1S/C26H28N2O5/c1-18(20-8-5-4-6-9-20)32-23(31-15-7-14-29)12-13-28-24-21-16-19(17-27)10-11-22(21)33-26(2,3)25(24)30/h4-13,16,18,23-25,28,30H,15H2,1-3H3/b13-12+/t18?,23?,24-,25+/m0/s1. The van der Waals surface area contributed by atoms with Gasteiger partial charge in [0.05, 0.1) is 30.4 Å². The molecule has 7 nitrogen and oxygen atoms in total. The largest absolute Gasteiger partial charge is 0.485 e. The summed E-state index contributed by atoms with van der Waals surface area (Å²) < 4.78 is 17.6. The fourth-order valence-corrected chi connectivity index (χ4v) is 3.61. The number of carbonyl (C=O) groups excluding carboxylic acids is 1. The second-order valence-electron chi connectivity index (χ2n) is 8.23. The smallest absolute Gasteiger partial charge is 0.179 e. The molecule has 172 valence electrons. The van der Waals surface area contributed by atoms with E-state index in [9.17, 15) is 15.2 Å². The predicted octanol–water partition coefficient (Wildman–Crippen LogP) is 3.74. The molecule has 4 atom stereocenters. The molecule has 2 unspecified atom stereocenters. The summed E-state index contributed by atoms with van der Waals surface area (Å²) in [5.41, 5.74) is 1.31. The number of nitriles is 1. The number of ether oxygens (including phenoxy) is 3. The molecule has 0 saturated carbocycles. The van der Waals surface area contributed by atoms with Crippen molar-refractivity contribution in [3.8, 4) is 11.8 Å². The maximum absolute atomic E-state index is 10.9. The van der Waals surface area contributed by atoms with Crippen LogP contribution in [-0.4, -0.2) is 35.6 Å². The highest BCUT2D eigenvalue weighted by Crippen LogP contribution is 2.40. The number of aliphatic hydroxyl groups is 1. The van der Waals surface area contributed by atoms with Crippen LogP contribution in [-0.2, 0) is 14.3 Å². The number of hydrogen-bond donors (Lipinski definition) is 2. The van der Waals surface area contributed by atoms with Gasteiger partial charge in [0.25, 0.3) is 0 Å². The van der Waals surface area contributed by atoms with Gasteiger partial charge in [0.1, 0.15) is 23.4 Å². The SMILES string of the molecule is CC(OC(/C=C/N[C@H]1c2cc(C#N)ccc2OC(C)(C)[C@@H]1O)OCC=C=O)c1ccccc1. The Bertz CT molecular complexity index is 1050. The van der Waals surface area contributed by atoms with Gasteiger partial charge in [0.15, 0.2) is 6.29 Å². The molecule has 2 N–H and O–H groups in total. The molecular formula is C26H28N2O5. The van der Waals surface area contributed by atoms with Gasteiger partial charge in [0, 0.05) is 11.6 Å². The first kappa shape index (κ1) is 24.2. The van der Waals surface area contributed by atoms with Crippen LogP contribution < -0.4 is 10.1 Å². The van der Waals surface area contributed by atoms with Crippen molar-refractivity contribution in [3.63, 3.8) is 0 Å². The van der Waals surface area contributed by atoms with E-state index < -0.39 is 24.0 Å². The summed E-state index contributed by atoms with van der Waals surface area (Å²) in [6.45, 7) is 5.56. The van der Waals surface area contributed by atoms with Crippen molar-refractivity contribution in [2.45, 2.75) is 50.9 Å². The molecule has 0 fully saturated rings. The fraction of sp³-hybridized carbons (Fsp3) is 0.346. The molecule has 0 aromatic heterocycles. The third-order valence-corrected chi connectivity index (χ3v) is 5.44. The molecule has 0 aliphatic carbocycles. The van der Waals surface area contributed by atoms with Crippen LogP contribution in [0.25, 0.3) is 0 Å². The highest BCUT2D eigenvalue weighted by molar-refractivity contribution is 5.46. The molecule has 3 rings (SSSR count). The molecular weight excluding hydrogens is 420 g/mol. The van der Waals surface area contributed by atoms with Gasteiger partial charge in [-0.1, -0.05) is 30.3 Å². The maximum atomic E-state index is 10.9. The number of aliphatic hydroxyl groups excluding tert-OH is 1. The summed E-state index contributed by atoms with van der Waals surface area (Å²) >= 11 is 0. The van der Waals surface area contributed by atoms with Crippen molar-refractivity contribution < 1.29 is 24.1 Å². The molecule has 1 heterocycles. The van der Waals surface area contributed by atoms with Gasteiger partial charge in [-0.3, -0.25) is 0 Å². The van der Waals surface area contributed by atoms with E-state index in [2.05, 4.69) is 11.4 Å². The first-order valence-electron chi connectivity index (χ1n) is 10.7. The number of rotatable bonds is 9. The van der Waals surface area contributed by atoms with Crippen LogP contribution in [0.15, 0.2) is 66.9 Å². The van der Waals surface area contributed by atoms with Crippen LogP contribution in [0.1, 0.15) is 49.6 Å². The Morgan fingerprint density at radius 3 is 2.73 bits per heavy atom. The quantitative estimate of drug-likeness (QED) is 0.445. The van der Waals surface area contributed by atoms with E-state index in [1.165, 1.54) is 6.08 Å². The normalized spacial score (nSPS) is 20.6. The second kappa shape index (κ2) is 11.0. The zero-order valence-electron chi connectivity index (χ0n) is 18.9. The Hall–Kier alpha value is -3.40. The minimum Gasteiger partial charge on any atom is -0.485 e. The minimum absolute atomic E-state index is 0.0430. The first-order chi connectivity index (χ1) is 15.9. The van der Waals surface area contributed by atoms with Crippen molar-refractivity contribution in [2.75, 3.05) is 6.61 Å². The van der Waals surface area contributed by atoms with Gasteiger partial charge in [0.2, 0.25) is 0 Å². The van der Waals surface area contributed by atoms with E-state index >= 15 is 0 Å². The summed E-state index contributed by atoms with van der Waals surface area (Å²) in [6, 6.07) is 16.4. The van der Waals surface area contributed by atoms with Crippen LogP contribution in [0, 0.1) is 11.3 Å². The zero-order chi connectivity index (χ0) is 23.8. The van der Waals surface area contributed by atoms with E-state index in [-0.39, 0.29) is 12.7 Å². The van der Waals surface area contributed by atoms with Crippen molar-refractivity contribution in [2.24, 2.45) is 0 Å². The van der Waals surface area contributed by atoms with Gasteiger partial charge in [-0.15, -0.1) is 0 Å². The van der Waals surface area contributed by atoms with Crippen LogP contribution >= 0.6 is 0 Å². The van der Waals surface area contributed by atoms with Crippen molar-refractivity contribution in [1.29, 1.82) is 5.26 Å². The number of nitrogens with one attached hydrogen (secondary N) is 1. The van der Waals surface area contributed by atoms with Gasteiger partial charge in [-0.25, -0.2) is 4.79 Å². The van der Waals surface area contributed by atoms with Gasteiger partial charge >= 0.3 is 0 Å². The Kier molecular flexibility index (Phi) is 8.05. The average Bonchev–Trinajstić information content (AvgIpc) is 2.81. The topological polar surface area (TPSA) is 101 Å². The molecule has 0 bridgehead atoms. The lowest BCUT2D eigenvalue weighted by Gasteiger charge is -2.42. The van der Waals surface area contributed by atoms with Crippen LogP contribution in [0.5, 0.6) is 5.75 Å². The predicted molar refractivity (Wildman–Crippen MR) is 123 cm³/mol. The summed E-state index contributed by atoms with van der Waals surface area (Å²) in [5, 5.41) is 23.4. The molecule has 33 heavy (non-hydrogen) atoms. The van der Waals surface area contributed by atoms with E-state index in [0.29, 0.717) is 16.9 Å². The number of fused-ring (bicyclic) bond motifs is 1. The summed E-state index contributed by atoms with van der Waals surface area (Å²) in [5.74, 6) is 2.29. The highest BCUT2D eigenvalue weighted by Gasteiger charge is 2.42. The highest BCUT2D eigenvalue weighted by atomic mass is 16.7. The van der Waals surface area contributed by atoms with Crippen molar-refractivity contribution in [1.82, 2.24) is 5.32 Å². The van der Waals surface area contributed by atoms with Crippen LogP contribution in [0.3, 0.4) is 0 Å². The Labute approximate surface area is 193 Å². The van der Waals surface area contributed by atoms with Crippen molar-refractivity contribution >= 4 is 5.94 Å². The van der Waals surface area contributed by atoms with Gasteiger partial charge in [-0.05, 0) is 56.8 Å². The number of hydrogen-bond acceptors (Lipinski definition) is 7. The van der Waals surface area contributed by atoms with Gasteiger partial charge < -0.3 is 24.6 Å². The van der Waals surface area contributed by atoms with E-state index in [1.807, 2.05) is 37.3 Å².